The standard InChI is InChI=1S/C39H25N5/c1-3-12-29(13-4-1)43-33-17-8-7-16-31(33)37-35(43)20-21-36-38(37)32-23-27(18-19-34(32)44(36)30-14-5-2-6-15-30)26-10-9-11-28(22-26)39-41-24-40-25-42-39/h1-25H. The number of nitrogens with zero attached hydrogens (tertiary/aromatic N) is 5. The molecule has 0 aliphatic carbocycles. The van der Waals surface area contributed by atoms with Crippen molar-refractivity contribution >= 4 is 43.6 Å². The number of rotatable bonds is 4. The van der Waals surface area contributed by atoms with E-state index in [1.807, 2.05) is 6.07 Å². The normalized spacial score (nSPS) is 11.6. The summed E-state index contributed by atoms with van der Waals surface area (Å²) in [5.74, 6) is 0.666. The van der Waals surface area contributed by atoms with Crippen molar-refractivity contribution in [3.8, 4) is 33.9 Å². The van der Waals surface area contributed by atoms with Crippen molar-refractivity contribution in [2.45, 2.75) is 0 Å². The zero-order valence-corrected chi connectivity index (χ0v) is 23.7. The quantitative estimate of drug-likeness (QED) is 0.214. The molecule has 0 saturated carbocycles. The van der Waals surface area contributed by atoms with Gasteiger partial charge in [-0.3, -0.25) is 0 Å². The predicted octanol–water partition coefficient (Wildman–Crippen LogP) is 9.40. The Morgan fingerprint density at radius 1 is 0.386 bits per heavy atom. The molecule has 3 heterocycles. The lowest BCUT2D eigenvalue weighted by Crippen LogP contribution is -1.94. The summed E-state index contributed by atoms with van der Waals surface area (Å²) < 4.78 is 4.78. The van der Waals surface area contributed by atoms with Gasteiger partial charge in [0.1, 0.15) is 12.7 Å². The Labute approximate surface area is 253 Å². The van der Waals surface area contributed by atoms with Crippen LogP contribution in [0.2, 0.25) is 0 Å². The summed E-state index contributed by atoms with van der Waals surface area (Å²) in [5, 5.41) is 4.97. The molecule has 5 nitrogen and oxygen atoms in total. The minimum atomic E-state index is 0.666. The van der Waals surface area contributed by atoms with E-state index in [1.165, 1.54) is 56.3 Å². The Morgan fingerprint density at radius 2 is 0.932 bits per heavy atom. The molecular weight excluding hydrogens is 538 g/mol. The van der Waals surface area contributed by atoms with Gasteiger partial charge >= 0.3 is 0 Å². The van der Waals surface area contributed by atoms with Crippen LogP contribution in [0, 0.1) is 0 Å². The lowest BCUT2D eigenvalue weighted by atomic mass is 9.99. The van der Waals surface area contributed by atoms with Gasteiger partial charge in [0.05, 0.1) is 22.1 Å². The van der Waals surface area contributed by atoms with Crippen LogP contribution in [0.3, 0.4) is 0 Å². The molecule has 0 amide bonds. The smallest absolute Gasteiger partial charge is 0.162 e. The summed E-state index contributed by atoms with van der Waals surface area (Å²) in [5.41, 5.74) is 10.3. The molecule has 0 bridgehead atoms. The van der Waals surface area contributed by atoms with E-state index < -0.39 is 0 Å². The maximum absolute atomic E-state index is 4.37. The third-order valence-electron chi connectivity index (χ3n) is 8.54. The summed E-state index contributed by atoms with van der Waals surface area (Å²) in [6, 6.07) is 49.8. The van der Waals surface area contributed by atoms with E-state index in [0.29, 0.717) is 5.82 Å². The summed E-state index contributed by atoms with van der Waals surface area (Å²) in [4.78, 5) is 12.7. The van der Waals surface area contributed by atoms with Crippen LogP contribution in [0.25, 0.3) is 77.5 Å². The second-order valence-corrected chi connectivity index (χ2v) is 11.0. The molecule has 0 atom stereocenters. The third kappa shape index (κ3) is 3.69. The Hall–Kier alpha value is -6.07. The van der Waals surface area contributed by atoms with Gasteiger partial charge in [-0.05, 0) is 71.8 Å². The minimum absolute atomic E-state index is 0.666. The van der Waals surface area contributed by atoms with E-state index in [2.05, 4.69) is 158 Å². The first-order valence-corrected chi connectivity index (χ1v) is 14.7. The highest BCUT2D eigenvalue weighted by Gasteiger charge is 2.21. The zero-order chi connectivity index (χ0) is 29.0. The van der Waals surface area contributed by atoms with Crippen LogP contribution in [-0.2, 0) is 0 Å². The Balaban J connectivity index is 1.40. The van der Waals surface area contributed by atoms with E-state index in [0.717, 1.165) is 28.1 Å². The monoisotopic (exact) mass is 563 g/mol. The van der Waals surface area contributed by atoms with Crippen LogP contribution in [-0.4, -0.2) is 24.1 Å². The van der Waals surface area contributed by atoms with Gasteiger partial charge in [-0.2, -0.15) is 0 Å². The van der Waals surface area contributed by atoms with Crippen molar-refractivity contribution in [3.63, 3.8) is 0 Å². The highest BCUT2D eigenvalue weighted by Crippen LogP contribution is 2.43. The Kier molecular flexibility index (Phi) is 5.43. The molecule has 9 rings (SSSR count). The van der Waals surface area contributed by atoms with Gasteiger partial charge in [-0.1, -0.05) is 78.9 Å². The zero-order valence-electron chi connectivity index (χ0n) is 23.7. The van der Waals surface area contributed by atoms with Crippen molar-refractivity contribution in [2.75, 3.05) is 0 Å². The lowest BCUT2D eigenvalue weighted by Gasteiger charge is -2.09. The average molecular weight is 564 g/mol. The van der Waals surface area contributed by atoms with Crippen molar-refractivity contribution in [3.05, 3.63) is 152 Å². The second-order valence-electron chi connectivity index (χ2n) is 11.0. The molecular formula is C39H25N5. The molecule has 0 fully saturated rings. The van der Waals surface area contributed by atoms with Crippen molar-refractivity contribution < 1.29 is 0 Å². The van der Waals surface area contributed by atoms with E-state index in [1.54, 1.807) is 0 Å². The van der Waals surface area contributed by atoms with Gasteiger partial charge < -0.3 is 9.13 Å². The van der Waals surface area contributed by atoms with Crippen molar-refractivity contribution in [1.82, 2.24) is 24.1 Å². The summed E-state index contributed by atoms with van der Waals surface area (Å²) in [6.45, 7) is 0. The molecule has 0 N–H and O–H groups in total. The number of benzene rings is 6. The lowest BCUT2D eigenvalue weighted by molar-refractivity contribution is 1.06. The predicted molar refractivity (Wildman–Crippen MR) is 179 cm³/mol. The highest BCUT2D eigenvalue weighted by molar-refractivity contribution is 6.29. The van der Waals surface area contributed by atoms with Crippen molar-refractivity contribution in [2.24, 2.45) is 0 Å². The fourth-order valence-electron chi connectivity index (χ4n) is 6.69. The molecule has 0 aliphatic rings. The van der Waals surface area contributed by atoms with E-state index in [9.17, 15) is 0 Å². The molecule has 0 saturated heterocycles. The second kappa shape index (κ2) is 9.75. The van der Waals surface area contributed by atoms with Crippen LogP contribution in [0.15, 0.2) is 152 Å². The van der Waals surface area contributed by atoms with Gasteiger partial charge in [0.2, 0.25) is 0 Å². The maximum atomic E-state index is 4.37. The summed E-state index contributed by atoms with van der Waals surface area (Å²) >= 11 is 0. The summed E-state index contributed by atoms with van der Waals surface area (Å²) in [7, 11) is 0. The fraction of sp³-hybridized carbons (Fsp3) is 0. The molecule has 0 aliphatic heterocycles. The molecule has 0 spiro atoms. The summed E-state index contributed by atoms with van der Waals surface area (Å²) in [6.07, 6.45) is 3.08. The molecule has 5 heteroatoms. The number of para-hydroxylation sites is 3. The molecule has 3 aromatic heterocycles. The number of hydrogen-bond donors (Lipinski definition) is 0. The number of aromatic nitrogens is 5. The van der Waals surface area contributed by atoms with Gasteiger partial charge in [0.25, 0.3) is 0 Å². The minimum Gasteiger partial charge on any atom is -0.309 e. The van der Waals surface area contributed by atoms with E-state index in [-0.39, 0.29) is 0 Å². The first-order chi connectivity index (χ1) is 21.8. The van der Waals surface area contributed by atoms with Gasteiger partial charge in [-0.25, -0.2) is 15.0 Å². The van der Waals surface area contributed by atoms with E-state index in [4.69, 9.17) is 0 Å². The first-order valence-electron chi connectivity index (χ1n) is 14.7. The number of hydrogen-bond acceptors (Lipinski definition) is 3. The molecule has 9 aromatic rings. The average Bonchev–Trinajstić information content (AvgIpc) is 3.62. The molecule has 6 aromatic carbocycles. The molecule has 0 unspecified atom stereocenters. The van der Waals surface area contributed by atoms with Crippen LogP contribution in [0.1, 0.15) is 0 Å². The fourth-order valence-corrected chi connectivity index (χ4v) is 6.69. The Bertz CT molecular complexity index is 2480. The highest BCUT2D eigenvalue weighted by atomic mass is 15.0. The van der Waals surface area contributed by atoms with Gasteiger partial charge in [0, 0.05) is 38.5 Å². The van der Waals surface area contributed by atoms with Crippen LogP contribution in [0.4, 0.5) is 0 Å². The van der Waals surface area contributed by atoms with Gasteiger partial charge in [-0.15, -0.1) is 0 Å². The van der Waals surface area contributed by atoms with Crippen LogP contribution < -0.4 is 0 Å². The number of fused-ring (bicyclic) bond motifs is 7. The topological polar surface area (TPSA) is 48.5 Å². The first kappa shape index (κ1) is 24.5. The molecule has 0 radical (unpaired) electrons. The van der Waals surface area contributed by atoms with Crippen LogP contribution in [0.5, 0.6) is 0 Å². The Morgan fingerprint density at radius 3 is 1.64 bits per heavy atom. The van der Waals surface area contributed by atoms with Gasteiger partial charge in [0.15, 0.2) is 5.82 Å². The van der Waals surface area contributed by atoms with Crippen molar-refractivity contribution in [1.29, 1.82) is 0 Å². The van der Waals surface area contributed by atoms with E-state index >= 15 is 0 Å². The third-order valence-corrected chi connectivity index (χ3v) is 8.54. The largest absolute Gasteiger partial charge is 0.309 e. The molecule has 206 valence electrons. The maximum Gasteiger partial charge on any atom is 0.162 e. The SMILES string of the molecule is c1ccc(-n2c3ccccc3c3c4c5cc(-c6cccc(-c7ncncn7)c6)ccc5n(-c5ccccc5)c4ccc32)cc1. The van der Waals surface area contributed by atoms with Crippen LogP contribution >= 0.6 is 0 Å². The molecule has 44 heavy (non-hydrogen) atoms.